The minimum absolute atomic E-state index is 0.0521. The Kier molecular flexibility index (Phi) is 8.50. The second-order valence-electron chi connectivity index (χ2n) is 8.54. The van der Waals surface area contributed by atoms with Crippen molar-refractivity contribution in [2.45, 2.75) is 51.2 Å². The number of ketones is 1. The van der Waals surface area contributed by atoms with Gasteiger partial charge in [-0.2, -0.15) is 0 Å². The molecule has 1 aliphatic rings. The molecule has 0 aromatic heterocycles. The summed E-state index contributed by atoms with van der Waals surface area (Å²) in [5.74, 6) is 1.57. The summed E-state index contributed by atoms with van der Waals surface area (Å²) in [7, 11) is 1.01. The zero-order valence-electron chi connectivity index (χ0n) is 17.7. The molecule has 0 radical (unpaired) electrons. The van der Waals surface area contributed by atoms with Gasteiger partial charge in [0.05, 0.1) is 11.0 Å². The van der Waals surface area contributed by atoms with E-state index < -0.39 is 9.84 Å². The summed E-state index contributed by atoms with van der Waals surface area (Å²) >= 11 is 0. The molecule has 158 valence electrons. The number of benzene rings is 1. The van der Waals surface area contributed by atoms with E-state index in [0.717, 1.165) is 43.5 Å². The molecule has 1 fully saturated rings. The lowest BCUT2D eigenvalue weighted by Gasteiger charge is -2.28. The highest BCUT2D eigenvalue weighted by Gasteiger charge is 2.29. The molecule has 1 saturated carbocycles. The number of nitrogens with zero attached hydrogens (tertiary/aromatic N) is 1. The first-order valence-corrected chi connectivity index (χ1v) is 12.0. The van der Waals surface area contributed by atoms with Crippen LogP contribution in [0.1, 0.15) is 45.1 Å². The molecule has 1 aliphatic carbocycles. The molecule has 0 amide bonds. The number of likely N-dealkylation sites (N-methyl/N-ethyl adjacent to an activating group) is 1. The van der Waals surface area contributed by atoms with Crippen molar-refractivity contribution in [2.24, 2.45) is 11.8 Å². The van der Waals surface area contributed by atoms with E-state index in [1.807, 2.05) is 38.4 Å². The highest BCUT2D eigenvalue weighted by molar-refractivity contribution is 7.91. The summed E-state index contributed by atoms with van der Waals surface area (Å²) in [4.78, 5) is 14.8. The lowest BCUT2D eigenvalue weighted by atomic mass is 9.79. The van der Waals surface area contributed by atoms with Crippen molar-refractivity contribution in [3.05, 3.63) is 29.8 Å². The lowest BCUT2D eigenvalue weighted by molar-refractivity contribution is -0.123. The second kappa shape index (κ2) is 10.4. The molecule has 0 unspecified atom stereocenters. The number of Topliss-reactive ketones (excluding diaryl/α,β-unsaturated/α-hetero) is 1. The Morgan fingerprint density at radius 1 is 1.18 bits per heavy atom. The lowest BCUT2D eigenvalue weighted by Crippen LogP contribution is -2.29. The Morgan fingerprint density at radius 3 is 2.46 bits per heavy atom. The Bertz CT molecular complexity index is 735. The molecule has 0 bridgehead atoms. The number of hydrogen-bond acceptors (Lipinski definition) is 5. The highest BCUT2D eigenvalue weighted by Crippen LogP contribution is 2.31. The number of sulfone groups is 1. The smallest absolute Gasteiger partial charge is 0.152 e. The average molecular weight is 410 g/mol. The van der Waals surface area contributed by atoms with Gasteiger partial charge in [-0.05, 0) is 77.2 Å². The van der Waals surface area contributed by atoms with E-state index in [1.54, 1.807) is 13.8 Å². The third-order valence-corrected chi connectivity index (χ3v) is 7.94. The van der Waals surface area contributed by atoms with Crippen molar-refractivity contribution >= 4 is 15.6 Å². The van der Waals surface area contributed by atoms with Gasteiger partial charge >= 0.3 is 0 Å². The fourth-order valence-electron chi connectivity index (χ4n) is 3.61. The van der Waals surface area contributed by atoms with Crippen molar-refractivity contribution in [2.75, 3.05) is 33.0 Å². The zero-order chi connectivity index (χ0) is 20.7. The molecule has 2 rings (SSSR count). The average Bonchev–Trinajstić information content (AvgIpc) is 2.62. The number of carbonyl (C=O) groups excluding carboxylic acids is 1. The summed E-state index contributed by atoms with van der Waals surface area (Å²) in [6, 6.07) is 7.78. The van der Waals surface area contributed by atoms with Crippen molar-refractivity contribution < 1.29 is 17.9 Å². The maximum absolute atomic E-state index is 12.7. The van der Waals surface area contributed by atoms with Gasteiger partial charge < -0.3 is 9.64 Å². The molecule has 1 aromatic rings. The van der Waals surface area contributed by atoms with Crippen LogP contribution in [0.15, 0.2) is 24.3 Å². The largest absolute Gasteiger partial charge is 0.492 e. The number of rotatable bonds is 10. The Hall–Kier alpha value is -1.40. The van der Waals surface area contributed by atoms with Gasteiger partial charge in [0, 0.05) is 18.9 Å². The van der Waals surface area contributed by atoms with E-state index in [1.165, 1.54) is 0 Å². The molecule has 0 atom stereocenters. The summed E-state index contributed by atoms with van der Waals surface area (Å²) in [6.45, 7) is 4.94. The minimum Gasteiger partial charge on any atom is -0.492 e. The number of carbonyl (C=O) groups is 1. The summed E-state index contributed by atoms with van der Waals surface area (Å²) < 4.78 is 30.0. The zero-order valence-corrected chi connectivity index (χ0v) is 18.5. The normalized spacial score (nSPS) is 20.5. The van der Waals surface area contributed by atoms with Gasteiger partial charge in [0.2, 0.25) is 0 Å². The molecule has 1 aromatic carbocycles. The minimum atomic E-state index is -3.00. The van der Waals surface area contributed by atoms with Crippen LogP contribution in [-0.2, 0) is 21.1 Å². The van der Waals surface area contributed by atoms with Crippen LogP contribution in [0.3, 0.4) is 0 Å². The fourth-order valence-corrected chi connectivity index (χ4v) is 4.98. The Balaban J connectivity index is 1.83. The monoisotopic (exact) mass is 409 g/mol. The van der Waals surface area contributed by atoms with Gasteiger partial charge in [0.1, 0.15) is 18.1 Å². The van der Waals surface area contributed by atoms with Crippen molar-refractivity contribution in [3.8, 4) is 5.75 Å². The van der Waals surface area contributed by atoms with Crippen LogP contribution in [0.2, 0.25) is 0 Å². The molecular weight excluding hydrogens is 374 g/mol. The predicted molar refractivity (Wildman–Crippen MR) is 114 cm³/mol. The highest BCUT2D eigenvalue weighted by atomic mass is 32.2. The molecule has 0 N–H and O–H groups in total. The molecule has 0 aliphatic heterocycles. The van der Waals surface area contributed by atoms with Crippen molar-refractivity contribution in [1.29, 1.82) is 0 Å². The van der Waals surface area contributed by atoms with Crippen molar-refractivity contribution in [1.82, 2.24) is 4.90 Å². The standard InChI is InChI=1S/C22H35NO4S/c1-17(2)28(25,26)16-18-8-10-20(11-9-18)22(24)15-19-6-5-7-21(14-19)27-13-12-23(3)4/h5-7,14,17-18,20H,8-13,15-16H2,1-4H3. The van der Waals surface area contributed by atoms with E-state index in [9.17, 15) is 13.2 Å². The molecular formula is C22H35NO4S. The molecule has 0 spiro atoms. The first-order chi connectivity index (χ1) is 13.2. The second-order valence-corrected chi connectivity index (χ2v) is 11.1. The van der Waals surface area contributed by atoms with Gasteiger partial charge in [-0.1, -0.05) is 12.1 Å². The molecule has 28 heavy (non-hydrogen) atoms. The maximum atomic E-state index is 12.7. The van der Waals surface area contributed by atoms with Gasteiger partial charge in [0.15, 0.2) is 9.84 Å². The summed E-state index contributed by atoms with van der Waals surface area (Å²) in [5, 5.41) is -0.320. The molecule has 0 saturated heterocycles. The van der Waals surface area contributed by atoms with Crippen molar-refractivity contribution in [3.63, 3.8) is 0 Å². The van der Waals surface area contributed by atoms with Crippen LogP contribution in [0, 0.1) is 11.8 Å². The van der Waals surface area contributed by atoms with Crippen LogP contribution < -0.4 is 4.74 Å². The Labute approximate surface area is 170 Å². The van der Waals surface area contributed by atoms with Crippen LogP contribution in [-0.4, -0.2) is 57.4 Å². The van der Waals surface area contributed by atoms with Gasteiger partial charge in [-0.15, -0.1) is 0 Å². The maximum Gasteiger partial charge on any atom is 0.152 e. The topological polar surface area (TPSA) is 63.7 Å². The molecule has 6 heteroatoms. The van der Waals surface area contributed by atoms with Crippen LogP contribution in [0.4, 0.5) is 0 Å². The predicted octanol–water partition coefficient (Wildman–Crippen LogP) is 3.37. The van der Waals surface area contributed by atoms with Crippen LogP contribution in [0.25, 0.3) is 0 Å². The SMILES string of the molecule is CC(C)S(=O)(=O)CC1CCC(C(=O)Cc2cccc(OCCN(C)C)c2)CC1. The third kappa shape index (κ3) is 7.21. The first-order valence-electron chi connectivity index (χ1n) is 10.3. The van der Waals surface area contributed by atoms with E-state index in [2.05, 4.69) is 4.90 Å². The number of ether oxygens (including phenoxy) is 1. The van der Waals surface area contributed by atoms with E-state index in [-0.39, 0.29) is 28.6 Å². The van der Waals surface area contributed by atoms with Gasteiger partial charge in [-0.25, -0.2) is 8.42 Å². The summed E-state index contributed by atoms with van der Waals surface area (Å²) in [5.41, 5.74) is 0.983. The molecule has 5 nitrogen and oxygen atoms in total. The fraction of sp³-hybridized carbons (Fsp3) is 0.682. The molecule has 0 heterocycles. The number of hydrogen-bond donors (Lipinski definition) is 0. The van der Waals surface area contributed by atoms with Crippen LogP contribution in [0.5, 0.6) is 5.75 Å². The van der Waals surface area contributed by atoms with Gasteiger partial charge in [0.25, 0.3) is 0 Å². The van der Waals surface area contributed by atoms with E-state index >= 15 is 0 Å². The quantitative estimate of drug-likeness (QED) is 0.593. The van der Waals surface area contributed by atoms with Crippen LogP contribution >= 0.6 is 0 Å². The first kappa shape index (κ1) is 22.9. The van der Waals surface area contributed by atoms with E-state index in [0.29, 0.717) is 13.0 Å². The third-order valence-electron chi connectivity index (χ3n) is 5.57. The Morgan fingerprint density at radius 2 is 1.86 bits per heavy atom. The van der Waals surface area contributed by atoms with E-state index in [4.69, 9.17) is 4.74 Å². The summed E-state index contributed by atoms with van der Waals surface area (Å²) in [6.07, 6.45) is 3.68. The van der Waals surface area contributed by atoms with Gasteiger partial charge in [-0.3, -0.25) is 4.79 Å².